The fraction of sp³-hybridized carbons (Fsp3) is 0.750. The second-order valence-electron chi connectivity index (χ2n) is 2.76. The largest absolute Gasteiger partial charge is 0.481 e. The minimum absolute atomic E-state index is 0.00808. The van der Waals surface area contributed by atoms with E-state index in [0.717, 1.165) is 0 Å². The standard InChI is InChI=1S/C8H15NO4/c1-2-6(3-4-10)9-7(11)5-8(12)13/h6,10H,2-5H2,1H3,(H,9,11)(H,12,13). The fourth-order valence-electron chi connectivity index (χ4n) is 0.950. The molecule has 3 N–H and O–H groups in total. The first kappa shape index (κ1) is 11.9. The van der Waals surface area contributed by atoms with Crippen molar-refractivity contribution in [3.63, 3.8) is 0 Å². The Balaban J connectivity index is 3.79. The lowest BCUT2D eigenvalue weighted by Crippen LogP contribution is -2.36. The number of nitrogens with one attached hydrogen (secondary N) is 1. The summed E-state index contributed by atoms with van der Waals surface area (Å²) in [4.78, 5) is 21.1. The predicted octanol–water partition coefficient (Wildman–Crippen LogP) is -0.262. The lowest BCUT2D eigenvalue weighted by molar-refractivity contribution is -0.140. The molecule has 0 saturated heterocycles. The van der Waals surface area contributed by atoms with Gasteiger partial charge in [0.05, 0.1) is 0 Å². The molecule has 0 rings (SSSR count). The van der Waals surface area contributed by atoms with E-state index in [1.165, 1.54) is 0 Å². The molecule has 0 aromatic rings. The van der Waals surface area contributed by atoms with Crippen molar-refractivity contribution in [1.82, 2.24) is 5.32 Å². The van der Waals surface area contributed by atoms with Crippen LogP contribution < -0.4 is 5.32 Å². The van der Waals surface area contributed by atoms with Gasteiger partial charge in [0.1, 0.15) is 6.42 Å². The van der Waals surface area contributed by atoms with E-state index in [2.05, 4.69) is 5.32 Å². The van der Waals surface area contributed by atoms with Gasteiger partial charge in [0.25, 0.3) is 0 Å². The molecule has 5 nitrogen and oxygen atoms in total. The molecule has 1 unspecified atom stereocenters. The molecular weight excluding hydrogens is 174 g/mol. The fourth-order valence-corrected chi connectivity index (χ4v) is 0.950. The van der Waals surface area contributed by atoms with E-state index in [1.807, 2.05) is 6.92 Å². The number of carboxylic acids is 1. The van der Waals surface area contributed by atoms with E-state index in [4.69, 9.17) is 10.2 Å². The third kappa shape index (κ3) is 6.10. The van der Waals surface area contributed by atoms with Gasteiger partial charge in [0.15, 0.2) is 0 Å². The van der Waals surface area contributed by atoms with Gasteiger partial charge in [-0.3, -0.25) is 9.59 Å². The van der Waals surface area contributed by atoms with Crippen LogP contribution in [0.1, 0.15) is 26.2 Å². The van der Waals surface area contributed by atoms with Crippen LogP contribution in [0, 0.1) is 0 Å². The zero-order chi connectivity index (χ0) is 10.3. The summed E-state index contributed by atoms with van der Waals surface area (Å²) < 4.78 is 0. The minimum atomic E-state index is -1.14. The number of carbonyl (C=O) groups is 2. The normalized spacial score (nSPS) is 12.2. The average Bonchev–Trinajstić information content (AvgIpc) is 2.02. The molecule has 0 aliphatic rings. The van der Waals surface area contributed by atoms with Gasteiger partial charge < -0.3 is 15.5 Å². The monoisotopic (exact) mass is 189 g/mol. The molecule has 0 spiro atoms. The quantitative estimate of drug-likeness (QED) is 0.502. The summed E-state index contributed by atoms with van der Waals surface area (Å²) in [6.45, 7) is 1.85. The zero-order valence-electron chi connectivity index (χ0n) is 7.62. The maximum Gasteiger partial charge on any atom is 0.312 e. The van der Waals surface area contributed by atoms with Gasteiger partial charge in [-0.1, -0.05) is 6.92 Å². The van der Waals surface area contributed by atoms with Gasteiger partial charge in [0.2, 0.25) is 5.91 Å². The van der Waals surface area contributed by atoms with Crippen LogP contribution in [-0.4, -0.2) is 34.7 Å². The van der Waals surface area contributed by atoms with Crippen molar-refractivity contribution in [3.8, 4) is 0 Å². The van der Waals surface area contributed by atoms with Crippen LogP contribution in [0.4, 0.5) is 0 Å². The topological polar surface area (TPSA) is 86.6 Å². The second kappa shape index (κ2) is 6.42. The molecule has 13 heavy (non-hydrogen) atoms. The zero-order valence-corrected chi connectivity index (χ0v) is 7.62. The molecule has 0 aliphatic heterocycles. The van der Waals surface area contributed by atoms with Gasteiger partial charge >= 0.3 is 5.97 Å². The SMILES string of the molecule is CCC(CCO)NC(=O)CC(=O)O. The van der Waals surface area contributed by atoms with Gasteiger partial charge in [-0.25, -0.2) is 0 Å². The number of aliphatic hydroxyl groups excluding tert-OH is 1. The van der Waals surface area contributed by atoms with E-state index in [9.17, 15) is 9.59 Å². The van der Waals surface area contributed by atoms with Gasteiger partial charge in [-0.05, 0) is 12.8 Å². The first-order valence-electron chi connectivity index (χ1n) is 4.22. The van der Waals surface area contributed by atoms with Crippen LogP contribution in [-0.2, 0) is 9.59 Å². The van der Waals surface area contributed by atoms with Crippen molar-refractivity contribution in [2.75, 3.05) is 6.61 Å². The van der Waals surface area contributed by atoms with Gasteiger partial charge in [-0.2, -0.15) is 0 Å². The van der Waals surface area contributed by atoms with Crippen LogP contribution in [0.25, 0.3) is 0 Å². The highest BCUT2D eigenvalue weighted by Crippen LogP contribution is 1.96. The van der Waals surface area contributed by atoms with Crippen molar-refractivity contribution in [1.29, 1.82) is 0 Å². The second-order valence-corrected chi connectivity index (χ2v) is 2.76. The number of hydrogen-bond donors (Lipinski definition) is 3. The maximum atomic E-state index is 10.9. The Bertz CT molecular complexity index is 181. The molecule has 76 valence electrons. The number of hydrogen-bond acceptors (Lipinski definition) is 3. The molecule has 0 aromatic heterocycles. The highest BCUT2D eigenvalue weighted by Gasteiger charge is 2.12. The van der Waals surface area contributed by atoms with E-state index >= 15 is 0 Å². The Hall–Kier alpha value is -1.10. The van der Waals surface area contributed by atoms with Crippen LogP contribution >= 0.6 is 0 Å². The summed E-state index contributed by atoms with van der Waals surface area (Å²) in [7, 11) is 0. The first-order valence-corrected chi connectivity index (χ1v) is 4.22. The molecular formula is C8H15NO4. The summed E-state index contributed by atoms with van der Waals surface area (Å²) in [5, 5.41) is 19.4. The van der Waals surface area contributed by atoms with Crippen molar-refractivity contribution >= 4 is 11.9 Å². The number of aliphatic hydroxyl groups is 1. The number of carboxylic acid groups (broad SMARTS) is 1. The number of aliphatic carboxylic acids is 1. The Morgan fingerprint density at radius 2 is 2.08 bits per heavy atom. The van der Waals surface area contributed by atoms with E-state index in [1.54, 1.807) is 0 Å². The van der Waals surface area contributed by atoms with Crippen molar-refractivity contribution in [3.05, 3.63) is 0 Å². The smallest absolute Gasteiger partial charge is 0.312 e. The first-order chi connectivity index (χ1) is 6.10. The van der Waals surface area contributed by atoms with Crippen LogP contribution in [0.3, 0.4) is 0 Å². The highest BCUT2D eigenvalue weighted by atomic mass is 16.4. The summed E-state index contributed by atoms with van der Waals surface area (Å²) in [6, 6.07) is -0.128. The molecule has 0 fully saturated rings. The third-order valence-corrected chi connectivity index (χ3v) is 1.65. The molecule has 0 aromatic carbocycles. The van der Waals surface area contributed by atoms with Crippen molar-refractivity contribution < 1.29 is 19.8 Å². The Morgan fingerprint density at radius 1 is 1.46 bits per heavy atom. The Kier molecular flexibility index (Phi) is 5.88. The molecule has 0 saturated carbocycles. The molecule has 1 amide bonds. The van der Waals surface area contributed by atoms with Crippen LogP contribution in [0.5, 0.6) is 0 Å². The molecule has 1 atom stereocenters. The summed E-state index contributed by atoms with van der Waals surface area (Å²) in [5.74, 6) is -1.65. The van der Waals surface area contributed by atoms with Gasteiger partial charge in [-0.15, -0.1) is 0 Å². The van der Waals surface area contributed by atoms with E-state index < -0.39 is 18.3 Å². The molecule has 0 radical (unpaired) electrons. The lowest BCUT2D eigenvalue weighted by Gasteiger charge is -2.14. The molecule has 0 aliphatic carbocycles. The van der Waals surface area contributed by atoms with Gasteiger partial charge in [0, 0.05) is 12.6 Å². The minimum Gasteiger partial charge on any atom is -0.481 e. The predicted molar refractivity (Wildman–Crippen MR) is 46.2 cm³/mol. The van der Waals surface area contributed by atoms with Crippen LogP contribution in [0.15, 0.2) is 0 Å². The van der Waals surface area contributed by atoms with Crippen molar-refractivity contribution in [2.24, 2.45) is 0 Å². The average molecular weight is 189 g/mol. The van der Waals surface area contributed by atoms with E-state index in [0.29, 0.717) is 12.8 Å². The number of amides is 1. The third-order valence-electron chi connectivity index (χ3n) is 1.65. The molecule has 0 bridgehead atoms. The molecule has 5 heteroatoms. The lowest BCUT2D eigenvalue weighted by atomic mass is 10.1. The Morgan fingerprint density at radius 3 is 2.46 bits per heavy atom. The summed E-state index contributed by atoms with van der Waals surface area (Å²) >= 11 is 0. The Labute approximate surface area is 76.8 Å². The summed E-state index contributed by atoms with van der Waals surface area (Å²) in [5.41, 5.74) is 0. The van der Waals surface area contributed by atoms with E-state index in [-0.39, 0.29) is 12.6 Å². The molecule has 0 heterocycles. The number of carbonyl (C=O) groups excluding carboxylic acids is 1. The summed E-state index contributed by atoms with van der Waals surface area (Å²) in [6.07, 6.45) is 0.635. The van der Waals surface area contributed by atoms with Crippen LogP contribution in [0.2, 0.25) is 0 Å². The highest BCUT2D eigenvalue weighted by molar-refractivity contribution is 5.93. The van der Waals surface area contributed by atoms with Crippen molar-refractivity contribution in [2.45, 2.75) is 32.2 Å². The maximum absolute atomic E-state index is 10.9. The number of rotatable bonds is 6.